The summed E-state index contributed by atoms with van der Waals surface area (Å²) in [4.78, 5) is 28.7. The van der Waals surface area contributed by atoms with Crippen molar-refractivity contribution in [1.29, 1.82) is 0 Å². The summed E-state index contributed by atoms with van der Waals surface area (Å²) in [6, 6.07) is 15.6. The van der Waals surface area contributed by atoms with Gasteiger partial charge in [0.05, 0.1) is 32.6 Å². The van der Waals surface area contributed by atoms with E-state index in [2.05, 4.69) is 75.6 Å². The maximum Gasteiger partial charge on any atom is 0.246 e. The number of aryl methyl sites for hydroxylation is 1. The van der Waals surface area contributed by atoms with E-state index in [-0.39, 0.29) is 43.6 Å². The van der Waals surface area contributed by atoms with E-state index in [1.807, 2.05) is 6.20 Å². The van der Waals surface area contributed by atoms with Crippen LogP contribution in [0.5, 0.6) is 5.75 Å². The Morgan fingerprint density at radius 3 is 2.47 bits per heavy atom. The van der Waals surface area contributed by atoms with Gasteiger partial charge < -0.3 is 24.8 Å². The van der Waals surface area contributed by atoms with E-state index in [0.29, 0.717) is 17.9 Å². The molecule has 1 aromatic heterocycles. The molecule has 3 aromatic rings. The molecule has 2 amide bonds. The number of rotatable bonds is 13. The predicted octanol–water partition coefficient (Wildman–Crippen LogP) is 6.19. The van der Waals surface area contributed by atoms with Gasteiger partial charge in [0.25, 0.3) is 0 Å². The number of aliphatic hydroxyl groups is 1. The molecular formula is C38H50N4O5. The number of nitrogens with zero attached hydrogens (tertiary/aromatic N) is 3. The van der Waals surface area contributed by atoms with Gasteiger partial charge >= 0.3 is 0 Å². The van der Waals surface area contributed by atoms with Crippen LogP contribution in [0.2, 0.25) is 0 Å². The van der Waals surface area contributed by atoms with E-state index in [0.717, 1.165) is 80.5 Å². The van der Waals surface area contributed by atoms with Crippen LogP contribution >= 0.6 is 0 Å². The van der Waals surface area contributed by atoms with Crippen molar-refractivity contribution in [1.82, 2.24) is 15.1 Å². The van der Waals surface area contributed by atoms with Crippen LogP contribution in [0.4, 0.5) is 5.69 Å². The fourth-order valence-corrected chi connectivity index (χ4v) is 7.50. The first kappa shape index (κ1) is 33.2. The van der Waals surface area contributed by atoms with Crippen molar-refractivity contribution in [3.05, 3.63) is 66.0 Å². The smallest absolute Gasteiger partial charge is 0.246 e. The fraction of sp³-hybridized carbons (Fsp3) is 0.553. The Kier molecular flexibility index (Phi) is 10.9. The molecule has 0 spiro atoms. The summed E-state index contributed by atoms with van der Waals surface area (Å²) in [5, 5.41) is 16.5. The van der Waals surface area contributed by atoms with E-state index in [4.69, 9.17) is 14.6 Å². The van der Waals surface area contributed by atoms with Gasteiger partial charge in [0.15, 0.2) is 0 Å². The van der Waals surface area contributed by atoms with Gasteiger partial charge in [-0.05, 0) is 118 Å². The number of aromatic nitrogens is 2. The summed E-state index contributed by atoms with van der Waals surface area (Å²) in [6.45, 7) is 2.82. The molecule has 2 N–H and O–H groups in total. The highest BCUT2D eigenvalue weighted by atomic mass is 16.5. The molecular weight excluding hydrogens is 592 g/mol. The number of hydrogen-bond acceptors (Lipinski definition) is 6. The predicted molar refractivity (Wildman–Crippen MR) is 183 cm³/mol. The second kappa shape index (κ2) is 15.5. The number of methoxy groups -OCH3 is 1. The fourth-order valence-electron chi connectivity index (χ4n) is 7.50. The lowest BCUT2D eigenvalue weighted by Gasteiger charge is -2.36. The lowest BCUT2D eigenvalue weighted by atomic mass is 9.78. The Balaban J connectivity index is 1.14. The second-order valence-corrected chi connectivity index (χ2v) is 13.8. The third-order valence-corrected chi connectivity index (χ3v) is 10.4. The molecule has 0 unspecified atom stereocenters. The summed E-state index contributed by atoms with van der Waals surface area (Å²) < 4.78 is 12.7. The number of benzene rings is 2. The number of ether oxygens (including phenoxy) is 2. The van der Waals surface area contributed by atoms with Crippen molar-refractivity contribution in [3.63, 3.8) is 0 Å². The standard InChI is InChI=1S/C38H50N4O5/c1-26-20-31(12-17-36(26)46-2)28-8-6-27(7-9-28)23-41(35-5-3-4-30(21-35)32-22-39-42(24-32)34-15-16-34)38(45)29-10-13-33(14-11-29)40-37(44)25-47-19-18-43/h3-5,12,17,20-22,24,27-29,33-34,43H,6-11,13-16,18-19,23,25H2,1-2H3,(H,40,44). The zero-order valence-electron chi connectivity index (χ0n) is 27.9. The van der Waals surface area contributed by atoms with Crippen LogP contribution < -0.4 is 15.0 Å². The summed E-state index contributed by atoms with van der Waals surface area (Å²) in [7, 11) is 1.72. The van der Waals surface area contributed by atoms with Crippen LogP contribution in [-0.4, -0.2) is 66.2 Å². The first-order valence-corrected chi connectivity index (χ1v) is 17.5. The van der Waals surface area contributed by atoms with Crippen LogP contribution in [0, 0.1) is 18.8 Å². The van der Waals surface area contributed by atoms with Gasteiger partial charge in [-0.25, -0.2) is 0 Å². The number of carbonyl (C=O) groups is 2. The Hall–Kier alpha value is -3.69. The third-order valence-electron chi connectivity index (χ3n) is 10.4. The summed E-state index contributed by atoms with van der Waals surface area (Å²) in [5.74, 6) is 1.85. The zero-order chi connectivity index (χ0) is 32.8. The Bertz CT molecular complexity index is 1500. The normalized spacial score (nSPS) is 22.9. The Morgan fingerprint density at radius 2 is 1.77 bits per heavy atom. The second-order valence-electron chi connectivity index (χ2n) is 13.8. The topological polar surface area (TPSA) is 106 Å². The van der Waals surface area contributed by atoms with Crippen LogP contribution in [-0.2, 0) is 14.3 Å². The largest absolute Gasteiger partial charge is 0.496 e. The molecule has 3 saturated carbocycles. The molecule has 0 radical (unpaired) electrons. The number of nitrogens with one attached hydrogen (secondary N) is 1. The minimum Gasteiger partial charge on any atom is -0.496 e. The number of carbonyl (C=O) groups excluding carboxylic acids is 2. The maximum atomic E-state index is 14.4. The van der Waals surface area contributed by atoms with Crippen LogP contribution in [0.3, 0.4) is 0 Å². The van der Waals surface area contributed by atoms with Crippen molar-refractivity contribution < 1.29 is 24.2 Å². The van der Waals surface area contributed by atoms with Gasteiger partial charge in [-0.15, -0.1) is 0 Å². The summed E-state index contributed by atoms with van der Waals surface area (Å²) >= 11 is 0. The quantitative estimate of drug-likeness (QED) is 0.215. The number of amides is 2. The monoisotopic (exact) mass is 642 g/mol. The third kappa shape index (κ3) is 8.43. The molecule has 3 fully saturated rings. The molecule has 0 atom stereocenters. The van der Waals surface area contributed by atoms with Crippen molar-refractivity contribution in [2.45, 2.75) is 89.1 Å². The molecule has 1 heterocycles. The van der Waals surface area contributed by atoms with Gasteiger partial charge in [0.2, 0.25) is 11.8 Å². The van der Waals surface area contributed by atoms with E-state index in [1.165, 1.54) is 24.0 Å². The van der Waals surface area contributed by atoms with E-state index >= 15 is 0 Å². The molecule has 47 heavy (non-hydrogen) atoms. The number of hydrogen-bond donors (Lipinski definition) is 2. The molecule has 3 aliphatic rings. The van der Waals surface area contributed by atoms with Gasteiger partial charge in [0, 0.05) is 36.0 Å². The van der Waals surface area contributed by atoms with Gasteiger partial charge in [0.1, 0.15) is 12.4 Å². The number of anilines is 1. The Morgan fingerprint density at radius 1 is 0.979 bits per heavy atom. The average molecular weight is 643 g/mol. The highest BCUT2D eigenvalue weighted by molar-refractivity contribution is 5.95. The van der Waals surface area contributed by atoms with Crippen molar-refractivity contribution in [3.8, 4) is 16.9 Å². The van der Waals surface area contributed by atoms with Crippen molar-refractivity contribution >= 4 is 17.5 Å². The van der Waals surface area contributed by atoms with E-state index in [9.17, 15) is 9.59 Å². The Labute approximate surface area is 278 Å². The molecule has 6 rings (SSSR count). The highest BCUT2D eigenvalue weighted by Gasteiger charge is 2.33. The lowest BCUT2D eigenvalue weighted by molar-refractivity contribution is -0.127. The minimum absolute atomic E-state index is 0.0425. The molecule has 2 aromatic carbocycles. The van der Waals surface area contributed by atoms with Gasteiger partial charge in [-0.1, -0.05) is 24.3 Å². The van der Waals surface area contributed by atoms with E-state index < -0.39 is 0 Å². The van der Waals surface area contributed by atoms with Gasteiger partial charge in [-0.3, -0.25) is 14.3 Å². The lowest BCUT2D eigenvalue weighted by Crippen LogP contribution is -2.44. The summed E-state index contributed by atoms with van der Waals surface area (Å²) in [6.07, 6.45) is 13.9. The van der Waals surface area contributed by atoms with Crippen LogP contribution in [0.25, 0.3) is 11.1 Å². The summed E-state index contributed by atoms with van der Waals surface area (Å²) in [5.41, 5.74) is 5.69. The zero-order valence-corrected chi connectivity index (χ0v) is 27.9. The SMILES string of the molecule is COc1ccc(C2CCC(CN(C(=O)C3CCC(NC(=O)COCCO)CC3)c3cccc(-c4cnn(C5CC5)c4)c3)CC2)cc1C. The van der Waals surface area contributed by atoms with E-state index in [1.54, 1.807) is 7.11 Å². The molecule has 9 nitrogen and oxygen atoms in total. The number of aliphatic hydroxyl groups excluding tert-OH is 1. The molecule has 0 saturated heterocycles. The molecule has 252 valence electrons. The van der Waals surface area contributed by atoms with Crippen LogP contribution in [0.15, 0.2) is 54.9 Å². The van der Waals surface area contributed by atoms with Crippen molar-refractivity contribution in [2.75, 3.05) is 38.4 Å². The molecule has 0 aliphatic heterocycles. The first-order chi connectivity index (χ1) is 22.9. The molecule has 9 heteroatoms. The molecule has 0 bridgehead atoms. The van der Waals surface area contributed by atoms with Gasteiger partial charge in [-0.2, -0.15) is 5.10 Å². The highest BCUT2D eigenvalue weighted by Crippen LogP contribution is 2.39. The molecule has 3 aliphatic carbocycles. The first-order valence-electron chi connectivity index (χ1n) is 17.5. The minimum atomic E-state index is -0.169. The average Bonchev–Trinajstić information content (AvgIpc) is 3.83. The maximum absolute atomic E-state index is 14.4. The van der Waals surface area contributed by atoms with Crippen LogP contribution in [0.1, 0.15) is 87.3 Å². The van der Waals surface area contributed by atoms with Crippen molar-refractivity contribution in [2.24, 2.45) is 11.8 Å².